The molecule has 0 aliphatic rings. The van der Waals surface area contributed by atoms with E-state index in [-0.39, 0.29) is 11.7 Å². The normalized spacial score (nSPS) is 10.1. The van der Waals surface area contributed by atoms with Crippen molar-refractivity contribution in [1.82, 2.24) is 0 Å². The Hall–Kier alpha value is -2.14. The molecule has 0 radical (unpaired) electrons. The second-order valence-corrected chi connectivity index (χ2v) is 5.78. The summed E-state index contributed by atoms with van der Waals surface area (Å²) in [7, 11) is 0. The Morgan fingerprint density at radius 3 is 2.41 bits per heavy atom. The molecule has 0 spiro atoms. The van der Waals surface area contributed by atoms with Crippen molar-refractivity contribution in [2.45, 2.75) is 13.3 Å². The maximum absolute atomic E-state index is 11.9. The average Bonchev–Trinajstić information content (AvgIpc) is 2.48. The predicted octanol–water partition coefficient (Wildman–Crippen LogP) is 4.09. The molecule has 4 nitrogen and oxygen atoms in total. The molecule has 0 atom stereocenters. The van der Waals surface area contributed by atoms with Crippen molar-refractivity contribution in [2.75, 3.05) is 17.2 Å². The molecule has 0 bridgehead atoms. The summed E-state index contributed by atoms with van der Waals surface area (Å²) < 4.78 is 0.993. The van der Waals surface area contributed by atoms with Crippen molar-refractivity contribution in [3.05, 3.63) is 58.6 Å². The van der Waals surface area contributed by atoms with Crippen LogP contribution in [0.4, 0.5) is 11.4 Å². The smallest absolute Gasteiger partial charge is 0.226 e. The number of hydrogen-bond donors (Lipinski definition) is 2. The molecule has 2 aromatic rings. The summed E-state index contributed by atoms with van der Waals surface area (Å²) >= 11 is 3.40. The van der Waals surface area contributed by atoms with Gasteiger partial charge in [-0.05, 0) is 49.4 Å². The van der Waals surface area contributed by atoms with Gasteiger partial charge in [-0.25, -0.2) is 0 Å². The fourth-order valence-corrected chi connectivity index (χ4v) is 2.33. The van der Waals surface area contributed by atoms with Crippen LogP contribution in [0, 0.1) is 0 Å². The number of rotatable bonds is 6. The minimum absolute atomic E-state index is 0.0103. The van der Waals surface area contributed by atoms with E-state index < -0.39 is 0 Å². The highest BCUT2D eigenvalue weighted by molar-refractivity contribution is 9.10. The number of amides is 1. The number of nitrogens with one attached hydrogen (secondary N) is 2. The number of ketones is 1. The second-order valence-electron chi connectivity index (χ2n) is 4.87. The molecular weight excluding hydrogens is 344 g/mol. The largest absolute Gasteiger partial charge is 0.384 e. The quantitative estimate of drug-likeness (QED) is 0.762. The molecule has 22 heavy (non-hydrogen) atoms. The molecule has 2 rings (SSSR count). The fraction of sp³-hybridized carbons (Fsp3) is 0.176. The first kappa shape index (κ1) is 16.2. The van der Waals surface area contributed by atoms with Gasteiger partial charge in [-0.3, -0.25) is 9.59 Å². The average molecular weight is 361 g/mol. The molecule has 0 aliphatic heterocycles. The van der Waals surface area contributed by atoms with Crippen LogP contribution in [0.5, 0.6) is 0 Å². The number of Topliss-reactive ketones (excluding diaryl/α,β-unsaturated/α-hetero) is 1. The van der Waals surface area contributed by atoms with Gasteiger partial charge in [0, 0.05) is 34.4 Å². The van der Waals surface area contributed by atoms with Gasteiger partial charge in [0.2, 0.25) is 5.91 Å². The van der Waals surface area contributed by atoms with Crippen molar-refractivity contribution in [3.63, 3.8) is 0 Å². The summed E-state index contributed by atoms with van der Waals surface area (Å²) in [6.07, 6.45) is 0.362. The van der Waals surface area contributed by atoms with Crippen molar-refractivity contribution in [2.24, 2.45) is 0 Å². The molecule has 0 fully saturated rings. The highest BCUT2D eigenvalue weighted by Crippen LogP contribution is 2.15. The SMILES string of the molecule is CC(=O)c1ccc(NC(=O)CCNc2cccc(Br)c2)cc1. The van der Waals surface area contributed by atoms with E-state index in [9.17, 15) is 9.59 Å². The Morgan fingerprint density at radius 1 is 1.05 bits per heavy atom. The molecule has 0 aromatic heterocycles. The molecule has 1 amide bonds. The van der Waals surface area contributed by atoms with Crippen LogP contribution in [-0.2, 0) is 4.79 Å². The first-order valence-corrected chi connectivity index (χ1v) is 7.74. The van der Waals surface area contributed by atoms with Crippen LogP contribution in [0.3, 0.4) is 0 Å². The van der Waals surface area contributed by atoms with E-state index in [1.165, 1.54) is 6.92 Å². The van der Waals surface area contributed by atoms with Gasteiger partial charge in [-0.15, -0.1) is 0 Å². The number of hydrogen-bond acceptors (Lipinski definition) is 3. The first-order valence-electron chi connectivity index (χ1n) is 6.95. The molecule has 0 unspecified atom stereocenters. The fourth-order valence-electron chi connectivity index (χ4n) is 1.93. The standard InChI is InChI=1S/C17H17BrN2O2/c1-12(21)13-5-7-15(8-6-13)20-17(22)9-10-19-16-4-2-3-14(18)11-16/h2-8,11,19H,9-10H2,1H3,(H,20,22). The van der Waals surface area contributed by atoms with Gasteiger partial charge >= 0.3 is 0 Å². The zero-order valence-electron chi connectivity index (χ0n) is 12.2. The molecule has 0 saturated carbocycles. The third kappa shape index (κ3) is 5.00. The van der Waals surface area contributed by atoms with Crippen LogP contribution in [0.2, 0.25) is 0 Å². The zero-order chi connectivity index (χ0) is 15.9. The first-order chi connectivity index (χ1) is 10.5. The lowest BCUT2D eigenvalue weighted by molar-refractivity contribution is -0.115. The topological polar surface area (TPSA) is 58.2 Å². The Balaban J connectivity index is 1.79. The van der Waals surface area contributed by atoms with Crippen molar-refractivity contribution in [3.8, 4) is 0 Å². The minimum Gasteiger partial charge on any atom is -0.384 e. The van der Waals surface area contributed by atoms with Crippen LogP contribution >= 0.6 is 15.9 Å². The van der Waals surface area contributed by atoms with Crippen LogP contribution in [0.25, 0.3) is 0 Å². The van der Waals surface area contributed by atoms with E-state index in [1.54, 1.807) is 24.3 Å². The van der Waals surface area contributed by atoms with E-state index in [2.05, 4.69) is 26.6 Å². The van der Waals surface area contributed by atoms with Gasteiger partial charge in [0.25, 0.3) is 0 Å². The molecule has 0 aliphatic carbocycles. The van der Waals surface area contributed by atoms with E-state index in [1.807, 2.05) is 24.3 Å². The molecule has 2 aromatic carbocycles. The van der Waals surface area contributed by atoms with E-state index in [0.717, 1.165) is 10.2 Å². The summed E-state index contributed by atoms with van der Waals surface area (Å²) in [4.78, 5) is 23.0. The van der Waals surface area contributed by atoms with Crippen LogP contribution < -0.4 is 10.6 Å². The number of carbonyl (C=O) groups is 2. The van der Waals surface area contributed by atoms with Gasteiger partial charge in [0.1, 0.15) is 0 Å². The van der Waals surface area contributed by atoms with Crippen molar-refractivity contribution < 1.29 is 9.59 Å². The summed E-state index contributed by atoms with van der Waals surface area (Å²) in [6, 6.07) is 14.7. The maximum Gasteiger partial charge on any atom is 0.226 e. The Kier molecular flexibility index (Phi) is 5.72. The molecule has 5 heteroatoms. The summed E-state index contributed by atoms with van der Waals surface area (Å²) in [5.74, 6) is -0.0610. The minimum atomic E-state index is -0.0712. The Bertz CT molecular complexity index is 669. The number of halogens is 1. The van der Waals surface area contributed by atoms with Crippen LogP contribution in [0.1, 0.15) is 23.7 Å². The maximum atomic E-state index is 11.9. The van der Waals surface area contributed by atoms with Gasteiger partial charge < -0.3 is 10.6 Å². The van der Waals surface area contributed by atoms with E-state index in [0.29, 0.717) is 24.2 Å². The molecule has 2 N–H and O–H groups in total. The third-order valence-corrected chi connectivity index (χ3v) is 3.57. The van der Waals surface area contributed by atoms with Crippen LogP contribution in [0.15, 0.2) is 53.0 Å². The lowest BCUT2D eigenvalue weighted by Gasteiger charge is -2.08. The van der Waals surface area contributed by atoms with Gasteiger partial charge in [-0.1, -0.05) is 22.0 Å². The van der Waals surface area contributed by atoms with Crippen LogP contribution in [-0.4, -0.2) is 18.2 Å². The van der Waals surface area contributed by atoms with Gasteiger partial charge in [-0.2, -0.15) is 0 Å². The van der Waals surface area contributed by atoms with Gasteiger partial charge in [0.05, 0.1) is 0 Å². The van der Waals surface area contributed by atoms with E-state index in [4.69, 9.17) is 0 Å². The lowest BCUT2D eigenvalue weighted by Crippen LogP contribution is -2.16. The van der Waals surface area contributed by atoms with E-state index >= 15 is 0 Å². The van der Waals surface area contributed by atoms with Crippen molar-refractivity contribution >= 4 is 39.0 Å². The molecule has 0 heterocycles. The summed E-state index contributed by atoms with van der Waals surface area (Å²) in [5, 5.41) is 6.00. The van der Waals surface area contributed by atoms with Crippen molar-refractivity contribution in [1.29, 1.82) is 0 Å². The van der Waals surface area contributed by atoms with Gasteiger partial charge in [0.15, 0.2) is 5.78 Å². The monoisotopic (exact) mass is 360 g/mol. The molecular formula is C17H17BrN2O2. The number of anilines is 2. The second kappa shape index (κ2) is 7.75. The molecule has 114 valence electrons. The summed E-state index contributed by atoms with van der Waals surface area (Å²) in [6.45, 7) is 2.06. The Labute approximate surface area is 138 Å². The third-order valence-electron chi connectivity index (χ3n) is 3.08. The predicted molar refractivity (Wildman–Crippen MR) is 92.3 cm³/mol. The zero-order valence-corrected chi connectivity index (χ0v) is 13.8. The number of carbonyl (C=O) groups excluding carboxylic acids is 2. The highest BCUT2D eigenvalue weighted by atomic mass is 79.9. The molecule has 0 saturated heterocycles. The number of benzene rings is 2. The Morgan fingerprint density at radius 2 is 1.77 bits per heavy atom. The summed E-state index contributed by atoms with van der Waals surface area (Å²) in [5.41, 5.74) is 2.29. The highest BCUT2D eigenvalue weighted by Gasteiger charge is 2.04. The lowest BCUT2D eigenvalue weighted by atomic mass is 10.1.